The highest BCUT2D eigenvalue weighted by atomic mass is 16.6. The van der Waals surface area contributed by atoms with E-state index in [1.165, 1.54) is 49.2 Å². The molecule has 5 heteroatoms. The minimum absolute atomic E-state index is 0.565. The first-order chi connectivity index (χ1) is 34.2. The third kappa shape index (κ3) is 6.07. The van der Waals surface area contributed by atoms with E-state index in [4.69, 9.17) is 24.4 Å². The van der Waals surface area contributed by atoms with Crippen LogP contribution in [0.4, 0.5) is 0 Å². The normalized spacial score (nSPS) is 13.0. The number of benzene rings is 11. The third-order valence-electron chi connectivity index (χ3n) is 14.1. The van der Waals surface area contributed by atoms with Gasteiger partial charge in [0.2, 0.25) is 0 Å². The fraction of sp³-hybridized carbons (Fsp3) is 0.0156. The van der Waals surface area contributed by atoms with Crippen LogP contribution in [0, 0.1) is 0 Å². The van der Waals surface area contributed by atoms with Gasteiger partial charge in [-0.1, -0.05) is 206 Å². The largest absolute Gasteiger partial charge is 0.449 e. The zero-order chi connectivity index (χ0) is 45.5. The highest BCUT2D eigenvalue weighted by Gasteiger charge is 2.47. The number of aromatic nitrogens is 3. The second-order valence-electron chi connectivity index (χ2n) is 17.8. The molecule has 0 saturated carbocycles. The average Bonchev–Trinajstić information content (AvgIpc) is 3.71. The second-order valence-corrected chi connectivity index (χ2v) is 17.8. The summed E-state index contributed by atoms with van der Waals surface area (Å²) in [5.74, 6) is 4.41. The molecular weight excluding hydrogens is 843 g/mol. The van der Waals surface area contributed by atoms with Crippen molar-refractivity contribution < 1.29 is 9.47 Å². The van der Waals surface area contributed by atoms with Gasteiger partial charge in [-0.3, -0.25) is 0 Å². The molecule has 1 aromatic heterocycles. The number of rotatable bonds is 6. The lowest BCUT2D eigenvalue weighted by molar-refractivity contribution is 0.359. The molecule has 0 fully saturated rings. The van der Waals surface area contributed by atoms with Crippen LogP contribution in [0.3, 0.4) is 0 Å². The van der Waals surface area contributed by atoms with Crippen molar-refractivity contribution in [3.63, 3.8) is 0 Å². The van der Waals surface area contributed by atoms with Crippen LogP contribution in [0.25, 0.3) is 88.7 Å². The van der Waals surface area contributed by atoms with Crippen LogP contribution in [-0.4, -0.2) is 15.0 Å². The van der Waals surface area contributed by atoms with Gasteiger partial charge in [-0.05, 0) is 107 Å². The number of ether oxygens (including phenoxy) is 2. The molecule has 0 amide bonds. The van der Waals surface area contributed by atoms with Gasteiger partial charge >= 0.3 is 0 Å². The predicted molar refractivity (Wildman–Crippen MR) is 278 cm³/mol. The maximum Gasteiger partial charge on any atom is 0.170 e. The highest BCUT2D eigenvalue weighted by Crippen LogP contribution is 2.60. The molecule has 0 unspecified atom stereocenters. The lowest BCUT2D eigenvalue weighted by Crippen LogP contribution is -2.28. The fourth-order valence-corrected chi connectivity index (χ4v) is 11.0. The van der Waals surface area contributed by atoms with Crippen molar-refractivity contribution in [2.45, 2.75) is 5.41 Å². The first-order valence-corrected chi connectivity index (χ1v) is 23.3. The Balaban J connectivity index is 0.890. The van der Waals surface area contributed by atoms with Crippen molar-refractivity contribution in [1.29, 1.82) is 0 Å². The van der Waals surface area contributed by atoms with E-state index < -0.39 is 5.41 Å². The standard InChI is InChI=1S/C64H39N3O2/c1-4-18-40(19-5-1)61-65-62(42-32-34-50-48-27-12-11-25-46(48)47-26-13-14-28-49(47)53(50)36-42)67-63(66-61)52-30-15-10-24-45(52)41-33-35-57-58(37-41)69-60-39-56-54(38-59(60)68-57)51-29-16-17-31-55(51)64(56,43-20-6-2-7-21-43)44-22-8-3-9-23-44/h1-39H. The summed E-state index contributed by atoms with van der Waals surface area (Å²) >= 11 is 0. The Morgan fingerprint density at radius 1 is 0.261 bits per heavy atom. The quantitative estimate of drug-likeness (QED) is 0.156. The van der Waals surface area contributed by atoms with Gasteiger partial charge in [-0.15, -0.1) is 0 Å². The van der Waals surface area contributed by atoms with E-state index in [1.807, 2.05) is 42.5 Å². The minimum Gasteiger partial charge on any atom is -0.449 e. The molecule has 69 heavy (non-hydrogen) atoms. The van der Waals surface area contributed by atoms with Crippen molar-refractivity contribution in [3.05, 3.63) is 259 Å². The first kappa shape index (κ1) is 39.0. The predicted octanol–water partition coefficient (Wildman–Crippen LogP) is 16.3. The van der Waals surface area contributed by atoms with Gasteiger partial charge in [0, 0.05) is 16.7 Å². The Kier molecular flexibility index (Phi) is 8.73. The summed E-state index contributed by atoms with van der Waals surface area (Å²) in [6.07, 6.45) is 0. The van der Waals surface area contributed by atoms with Gasteiger partial charge in [0.15, 0.2) is 40.5 Å². The molecule has 2 aliphatic rings. The number of fused-ring (bicyclic) bond motifs is 11. The van der Waals surface area contributed by atoms with Crippen molar-refractivity contribution >= 4 is 32.3 Å². The van der Waals surface area contributed by atoms with Gasteiger partial charge < -0.3 is 9.47 Å². The van der Waals surface area contributed by atoms with Crippen LogP contribution < -0.4 is 9.47 Å². The van der Waals surface area contributed by atoms with Gasteiger partial charge in [-0.2, -0.15) is 0 Å². The summed E-state index contributed by atoms with van der Waals surface area (Å²) in [6.45, 7) is 0. The lowest BCUT2D eigenvalue weighted by atomic mass is 9.67. The van der Waals surface area contributed by atoms with Gasteiger partial charge in [0.05, 0.1) is 5.41 Å². The summed E-state index contributed by atoms with van der Waals surface area (Å²) < 4.78 is 13.7. The maximum atomic E-state index is 6.95. The van der Waals surface area contributed by atoms with Crippen LogP contribution in [0.1, 0.15) is 22.3 Å². The second kappa shape index (κ2) is 15.4. The average molecular weight is 882 g/mol. The van der Waals surface area contributed by atoms with Crippen LogP contribution >= 0.6 is 0 Å². The van der Waals surface area contributed by atoms with E-state index in [0.717, 1.165) is 44.3 Å². The molecule has 0 N–H and O–H groups in total. The van der Waals surface area contributed by atoms with Gasteiger partial charge in [0.25, 0.3) is 0 Å². The van der Waals surface area contributed by atoms with Crippen molar-refractivity contribution in [1.82, 2.24) is 15.0 Å². The Hall–Kier alpha value is -9.19. The van der Waals surface area contributed by atoms with Crippen molar-refractivity contribution in [2.75, 3.05) is 0 Å². The van der Waals surface area contributed by atoms with E-state index in [9.17, 15) is 0 Å². The third-order valence-corrected chi connectivity index (χ3v) is 14.1. The molecule has 0 spiro atoms. The number of hydrogen-bond acceptors (Lipinski definition) is 5. The molecule has 0 saturated heterocycles. The molecule has 0 atom stereocenters. The molecule has 322 valence electrons. The molecule has 0 bridgehead atoms. The highest BCUT2D eigenvalue weighted by molar-refractivity contribution is 6.25. The smallest absolute Gasteiger partial charge is 0.170 e. The lowest BCUT2D eigenvalue weighted by Gasteiger charge is -2.34. The topological polar surface area (TPSA) is 57.1 Å². The maximum absolute atomic E-state index is 6.95. The van der Waals surface area contributed by atoms with Crippen molar-refractivity contribution in [3.8, 4) is 79.4 Å². The molecule has 1 aliphatic carbocycles. The summed E-state index contributed by atoms with van der Waals surface area (Å²) in [5, 5.41) is 7.22. The van der Waals surface area contributed by atoms with E-state index in [1.54, 1.807) is 0 Å². The fourth-order valence-electron chi connectivity index (χ4n) is 11.0. The Labute approximate surface area is 398 Å². The Morgan fingerprint density at radius 2 is 0.739 bits per heavy atom. The number of nitrogens with zero attached hydrogens (tertiary/aromatic N) is 3. The van der Waals surface area contributed by atoms with Gasteiger partial charge in [-0.25, -0.2) is 15.0 Å². The molecule has 1 aliphatic heterocycles. The Morgan fingerprint density at radius 3 is 1.42 bits per heavy atom. The molecular formula is C64H39N3O2. The van der Waals surface area contributed by atoms with E-state index >= 15 is 0 Å². The van der Waals surface area contributed by atoms with E-state index in [0.29, 0.717) is 40.5 Å². The van der Waals surface area contributed by atoms with Crippen LogP contribution in [-0.2, 0) is 5.41 Å². The van der Waals surface area contributed by atoms with Crippen LogP contribution in [0.5, 0.6) is 23.0 Å². The van der Waals surface area contributed by atoms with Gasteiger partial charge in [0.1, 0.15) is 0 Å². The summed E-state index contributed by atoms with van der Waals surface area (Å²) in [5.41, 5.74) is 11.1. The summed E-state index contributed by atoms with van der Waals surface area (Å²) in [7, 11) is 0. The molecule has 2 heterocycles. The van der Waals surface area contributed by atoms with Crippen LogP contribution in [0.2, 0.25) is 0 Å². The van der Waals surface area contributed by atoms with Crippen LogP contribution in [0.15, 0.2) is 237 Å². The molecule has 5 nitrogen and oxygen atoms in total. The SMILES string of the molecule is c1ccc(-c2nc(-c3ccc4c5ccccc5c5ccccc5c4c3)nc(-c3ccccc3-c3ccc4c(c3)Oc3cc5c(cc3O4)-c3ccccc3C5(c3ccccc3)c3ccccc3)n2)cc1. The van der Waals surface area contributed by atoms with Crippen molar-refractivity contribution in [2.24, 2.45) is 0 Å². The minimum atomic E-state index is -0.565. The zero-order valence-corrected chi connectivity index (χ0v) is 37.2. The molecule has 11 aromatic carbocycles. The monoisotopic (exact) mass is 881 g/mol. The number of hydrogen-bond donors (Lipinski definition) is 0. The Bertz CT molecular complexity index is 3950. The summed E-state index contributed by atoms with van der Waals surface area (Å²) in [6, 6.07) is 83.1. The summed E-state index contributed by atoms with van der Waals surface area (Å²) in [4.78, 5) is 15.6. The molecule has 12 aromatic rings. The van der Waals surface area contributed by atoms with E-state index in [2.05, 4.69) is 194 Å². The first-order valence-electron chi connectivity index (χ1n) is 23.3. The zero-order valence-electron chi connectivity index (χ0n) is 37.2. The molecule has 0 radical (unpaired) electrons. The molecule has 14 rings (SSSR count). The van der Waals surface area contributed by atoms with E-state index in [-0.39, 0.29) is 0 Å².